The molecule has 2 aromatic rings. The van der Waals surface area contributed by atoms with E-state index >= 15 is 0 Å². The van der Waals surface area contributed by atoms with Crippen LogP contribution in [0.1, 0.15) is 11.1 Å². The van der Waals surface area contributed by atoms with Gasteiger partial charge in [-0.15, -0.1) is 10.2 Å². The summed E-state index contributed by atoms with van der Waals surface area (Å²) in [5, 5.41) is 18.4. The summed E-state index contributed by atoms with van der Waals surface area (Å²) >= 11 is 0. The summed E-state index contributed by atoms with van der Waals surface area (Å²) in [4.78, 5) is 10.2. The highest BCUT2D eigenvalue weighted by molar-refractivity contribution is 6.13. The third-order valence-electron chi connectivity index (χ3n) is 2.66. The highest BCUT2D eigenvalue weighted by Gasteiger charge is 2.10. The minimum Gasteiger partial charge on any atom is -0.369 e. The molecule has 21 heavy (non-hydrogen) atoms. The number of hydrogen-bond donors (Lipinski definition) is 2. The van der Waals surface area contributed by atoms with Crippen molar-refractivity contribution in [1.29, 1.82) is 0 Å². The second-order valence-corrected chi connectivity index (χ2v) is 4.14. The highest BCUT2D eigenvalue weighted by atomic mass is 16.6. The lowest BCUT2D eigenvalue weighted by atomic mass is 10.0. The lowest BCUT2D eigenvalue weighted by molar-refractivity contribution is -0.384. The SMILES string of the molecule is NC(N)=N/N=C(\c1ccccc1)c1ccc([N+](=O)[O-])cc1. The molecule has 0 saturated heterocycles. The zero-order valence-corrected chi connectivity index (χ0v) is 11.0. The first-order chi connectivity index (χ1) is 10.1. The Bertz CT molecular complexity index is 689. The molecule has 0 aliphatic rings. The minimum absolute atomic E-state index is 0.00741. The molecule has 4 N–H and O–H groups in total. The minimum atomic E-state index is -0.459. The Labute approximate surface area is 120 Å². The summed E-state index contributed by atoms with van der Waals surface area (Å²) in [6.45, 7) is 0. The van der Waals surface area contributed by atoms with E-state index in [9.17, 15) is 10.1 Å². The molecular weight excluding hydrogens is 270 g/mol. The number of rotatable bonds is 4. The van der Waals surface area contributed by atoms with E-state index in [0.29, 0.717) is 11.3 Å². The third kappa shape index (κ3) is 3.63. The standard InChI is InChI=1S/C14H13N5O2/c15-14(16)18-17-13(10-4-2-1-3-5-10)11-6-8-12(9-7-11)19(20)21/h1-9H,(H4,15,16,18)/b17-13+. The van der Waals surface area contributed by atoms with Crippen molar-refractivity contribution in [2.75, 3.05) is 0 Å². The molecule has 0 saturated carbocycles. The zero-order valence-electron chi connectivity index (χ0n) is 11.0. The monoisotopic (exact) mass is 283 g/mol. The number of non-ortho nitro benzene ring substituents is 1. The number of nitro benzene ring substituents is 1. The van der Waals surface area contributed by atoms with E-state index < -0.39 is 4.92 Å². The third-order valence-corrected chi connectivity index (χ3v) is 2.66. The summed E-state index contributed by atoms with van der Waals surface area (Å²) in [6, 6.07) is 15.3. The molecule has 0 unspecified atom stereocenters. The Kier molecular flexibility index (Phi) is 4.25. The van der Waals surface area contributed by atoms with Gasteiger partial charge in [0.05, 0.1) is 4.92 Å². The fourth-order valence-electron chi connectivity index (χ4n) is 1.73. The molecule has 0 aliphatic carbocycles. The highest BCUT2D eigenvalue weighted by Crippen LogP contribution is 2.16. The number of guanidine groups is 1. The molecule has 2 rings (SSSR count). The second kappa shape index (κ2) is 6.29. The fraction of sp³-hybridized carbons (Fsp3) is 0. The molecule has 0 fully saturated rings. The normalized spacial score (nSPS) is 11.0. The molecule has 2 aromatic carbocycles. The number of benzene rings is 2. The van der Waals surface area contributed by atoms with Crippen LogP contribution in [0.5, 0.6) is 0 Å². The van der Waals surface area contributed by atoms with Gasteiger partial charge in [-0.25, -0.2) is 0 Å². The van der Waals surface area contributed by atoms with E-state index in [4.69, 9.17) is 11.5 Å². The number of hydrogen-bond acceptors (Lipinski definition) is 4. The van der Waals surface area contributed by atoms with Crippen LogP contribution in [0.25, 0.3) is 0 Å². The Hall–Kier alpha value is -3.22. The van der Waals surface area contributed by atoms with Crippen LogP contribution in [0, 0.1) is 10.1 Å². The van der Waals surface area contributed by atoms with Gasteiger partial charge < -0.3 is 11.5 Å². The molecule has 0 atom stereocenters. The van der Waals surface area contributed by atoms with E-state index in [2.05, 4.69) is 10.2 Å². The summed E-state index contributed by atoms with van der Waals surface area (Å²) in [5.74, 6) is -0.162. The van der Waals surface area contributed by atoms with Crippen LogP contribution in [0.15, 0.2) is 64.8 Å². The van der Waals surface area contributed by atoms with E-state index in [0.717, 1.165) is 5.56 Å². The van der Waals surface area contributed by atoms with Gasteiger partial charge in [0.25, 0.3) is 5.69 Å². The van der Waals surface area contributed by atoms with E-state index in [1.54, 1.807) is 12.1 Å². The van der Waals surface area contributed by atoms with Crippen LogP contribution in [-0.2, 0) is 0 Å². The topological polar surface area (TPSA) is 120 Å². The van der Waals surface area contributed by atoms with Crippen molar-refractivity contribution in [3.05, 3.63) is 75.8 Å². The maximum atomic E-state index is 10.7. The van der Waals surface area contributed by atoms with Crippen molar-refractivity contribution in [3.63, 3.8) is 0 Å². The van der Waals surface area contributed by atoms with E-state index in [-0.39, 0.29) is 11.6 Å². The summed E-state index contributed by atoms with van der Waals surface area (Å²) in [5.41, 5.74) is 12.6. The molecule has 7 heteroatoms. The smallest absolute Gasteiger partial charge is 0.269 e. The predicted molar refractivity (Wildman–Crippen MR) is 81.0 cm³/mol. The average Bonchev–Trinajstić information content (AvgIpc) is 2.49. The van der Waals surface area contributed by atoms with Gasteiger partial charge in [-0.3, -0.25) is 10.1 Å². The van der Waals surface area contributed by atoms with Crippen molar-refractivity contribution in [2.24, 2.45) is 21.7 Å². The Balaban J connectivity index is 2.47. The van der Waals surface area contributed by atoms with Crippen LogP contribution in [0.2, 0.25) is 0 Å². The first-order valence-corrected chi connectivity index (χ1v) is 6.05. The Morgan fingerprint density at radius 3 is 2.00 bits per heavy atom. The van der Waals surface area contributed by atoms with Crippen LogP contribution in [0.4, 0.5) is 5.69 Å². The second-order valence-electron chi connectivity index (χ2n) is 4.14. The Morgan fingerprint density at radius 1 is 0.905 bits per heavy atom. The summed E-state index contributed by atoms with van der Waals surface area (Å²) in [7, 11) is 0. The summed E-state index contributed by atoms with van der Waals surface area (Å²) in [6.07, 6.45) is 0. The molecule has 0 aromatic heterocycles. The Morgan fingerprint density at radius 2 is 1.48 bits per heavy atom. The van der Waals surface area contributed by atoms with Crippen LogP contribution >= 0.6 is 0 Å². The lowest BCUT2D eigenvalue weighted by Gasteiger charge is -2.05. The molecule has 7 nitrogen and oxygen atoms in total. The van der Waals surface area contributed by atoms with Crippen LogP contribution in [-0.4, -0.2) is 16.6 Å². The van der Waals surface area contributed by atoms with Gasteiger partial charge in [-0.05, 0) is 12.1 Å². The number of nitrogens with zero attached hydrogens (tertiary/aromatic N) is 3. The molecule has 0 spiro atoms. The van der Waals surface area contributed by atoms with Crippen molar-refractivity contribution >= 4 is 17.4 Å². The van der Waals surface area contributed by atoms with Gasteiger partial charge >= 0.3 is 0 Å². The van der Waals surface area contributed by atoms with Crippen molar-refractivity contribution in [2.45, 2.75) is 0 Å². The first-order valence-electron chi connectivity index (χ1n) is 6.05. The molecule has 0 heterocycles. The summed E-state index contributed by atoms with van der Waals surface area (Å²) < 4.78 is 0. The maximum absolute atomic E-state index is 10.7. The van der Waals surface area contributed by atoms with Gasteiger partial charge in [-0.2, -0.15) is 0 Å². The van der Waals surface area contributed by atoms with Crippen molar-refractivity contribution in [3.8, 4) is 0 Å². The number of nitro groups is 1. The quantitative estimate of drug-likeness (QED) is 0.383. The first kappa shape index (κ1) is 14.2. The average molecular weight is 283 g/mol. The maximum Gasteiger partial charge on any atom is 0.269 e. The van der Waals surface area contributed by atoms with Crippen molar-refractivity contribution < 1.29 is 4.92 Å². The van der Waals surface area contributed by atoms with E-state index in [1.165, 1.54) is 12.1 Å². The molecule has 106 valence electrons. The van der Waals surface area contributed by atoms with Gasteiger partial charge in [-0.1, -0.05) is 30.3 Å². The zero-order chi connectivity index (χ0) is 15.2. The number of nitrogens with two attached hydrogens (primary N) is 2. The predicted octanol–water partition coefficient (Wildman–Crippen LogP) is 1.62. The molecule has 0 radical (unpaired) electrons. The largest absolute Gasteiger partial charge is 0.369 e. The van der Waals surface area contributed by atoms with Crippen LogP contribution < -0.4 is 11.5 Å². The fourth-order valence-corrected chi connectivity index (χ4v) is 1.73. The lowest BCUT2D eigenvalue weighted by Crippen LogP contribution is -2.22. The molecular formula is C14H13N5O2. The van der Waals surface area contributed by atoms with Crippen molar-refractivity contribution in [1.82, 2.24) is 0 Å². The van der Waals surface area contributed by atoms with Gasteiger partial charge in [0, 0.05) is 23.3 Å². The molecule has 0 amide bonds. The van der Waals surface area contributed by atoms with Crippen LogP contribution in [0.3, 0.4) is 0 Å². The van der Waals surface area contributed by atoms with E-state index in [1.807, 2.05) is 30.3 Å². The molecule has 0 aliphatic heterocycles. The van der Waals surface area contributed by atoms with Gasteiger partial charge in [0.15, 0.2) is 0 Å². The van der Waals surface area contributed by atoms with Gasteiger partial charge in [0.2, 0.25) is 5.96 Å². The molecule has 0 bridgehead atoms. The van der Waals surface area contributed by atoms with Gasteiger partial charge in [0.1, 0.15) is 5.71 Å².